The van der Waals surface area contributed by atoms with Crippen molar-refractivity contribution >= 4 is 5.97 Å². The molecule has 2 N–H and O–H groups in total. The Bertz CT molecular complexity index is 148. The van der Waals surface area contributed by atoms with Gasteiger partial charge in [-0.05, 0) is 6.42 Å². The van der Waals surface area contributed by atoms with Crippen LogP contribution in [-0.4, -0.2) is 19.1 Å². The highest BCUT2D eigenvalue weighted by molar-refractivity contribution is 5.72. The summed E-state index contributed by atoms with van der Waals surface area (Å²) in [6, 6.07) is 0. The van der Waals surface area contributed by atoms with Gasteiger partial charge in [0.1, 0.15) is 0 Å². The van der Waals surface area contributed by atoms with Crippen LogP contribution in [-0.2, 0) is 9.53 Å². The van der Waals surface area contributed by atoms with Gasteiger partial charge in [0, 0.05) is 6.54 Å². The van der Waals surface area contributed by atoms with Gasteiger partial charge in [0.15, 0.2) is 0 Å². The van der Waals surface area contributed by atoms with E-state index < -0.39 is 0 Å². The quantitative estimate of drug-likeness (QED) is 0.483. The van der Waals surface area contributed by atoms with Crippen molar-refractivity contribution in [2.45, 2.75) is 46.0 Å². The summed E-state index contributed by atoms with van der Waals surface area (Å²) < 4.78 is 5.06. The van der Waals surface area contributed by atoms with Gasteiger partial charge >= 0.3 is 5.97 Å². The van der Waals surface area contributed by atoms with Crippen LogP contribution in [0.4, 0.5) is 0 Å². The lowest BCUT2D eigenvalue weighted by atomic mass is 10.1. The summed E-state index contributed by atoms with van der Waals surface area (Å²) in [6.45, 7) is 4.89. The predicted octanol–water partition coefficient (Wildman–Crippen LogP) is 2.09. The molecule has 0 aliphatic rings. The number of rotatable bonds is 8. The standard InChI is InChI=1S/C11H23NO2/c1-3-4-5-6-7-8-14-11(13)10(2)9-12/h10H,3-9,12H2,1-2H3/t10-/m0/s1. The summed E-state index contributed by atoms with van der Waals surface area (Å²) >= 11 is 0. The second-order valence-electron chi connectivity index (χ2n) is 3.72. The Morgan fingerprint density at radius 1 is 1.29 bits per heavy atom. The van der Waals surface area contributed by atoms with Crippen molar-refractivity contribution in [3.8, 4) is 0 Å². The minimum Gasteiger partial charge on any atom is -0.465 e. The first-order valence-corrected chi connectivity index (χ1v) is 5.59. The molecule has 0 saturated heterocycles. The Labute approximate surface area is 87.0 Å². The lowest BCUT2D eigenvalue weighted by molar-refractivity contribution is -0.147. The molecule has 0 spiro atoms. The number of hydrogen-bond acceptors (Lipinski definition) is 3. The molecule has 0 aromatic rings. The molecule has 0 aromatic heterocycles. The van der Waals surface area contributed by atoms with Crippen molar-refractivity contribution in [3.05, 3.63) is 0 Å². The second kappa shape index (κ2) is 9.00. The van der Waals surface area contributed by atoms with Gasteiger partial charge in [-0.2, -0.15) is 0 Å². The van der Waals surface area contributed by atoms with Gasteiger partial charge in [0.05, 0.1) is 12.5 Å². The van der Waals surface area contributed by atoms with Crippen molar-refractivity contribution in [2.24, 2.45) is 11.7 Å². The van der Waals surface area contributed by atoms with E-state index >= 15 is 0 Å². The molecule has 0 bridgehead atoms. The largest absolute Gasteiger partial charge is 0.465 e. The number of unbranched alkanes of at least 4 members (excludes halogenated alkanes) is 4. The summed E-state index contributed by atoms with van der Waals surface area (Å²) in [5.74, 6) is -0.325. The van der Waals surface area contributed by atoms with Crippen LogP contribution in [0.2, 0.25) is 0 Å². The van der Waals surface area contributed by atoms with E-state index in [0.717, 1.165) is 12.8 Å². The molecule has 0 radical (unpaired) electrons. The third-order valence-electron chi connectivity index (χ3n) is 2.25. The number of carbonyl (C=O) groups excluding carboxylic acids is 1. The highest BCUT2D eigenvalue weighted by Gasteiger charge is 2.11. The zero-order valence-electron chi connectivity index (χ0n) is 9.42. The number of esters is 1. The van der Waals surface area contributed by atoms with Crippen LogP contribution in [0.5, 0.6) is 0 Å². The molecular formula is C11H23NO2. The third kappa shape index (κ3) is 6.89. The number of carbonyl (C=O) groups is 1. The van der Waals surface area contributed by atoms with Crippen molar-refractivity contribution in [1.29, 1.82) is 0 Å². The zero-order valence-corrected chi connectivity index (χ0v) is 9.42. The van der Waals surface area contributed by atoms with E-state index in [1.54, 1.807) is 6.92 Å². The molecular weight excluding hydrogens is 178 g/mol. The summed E-state index contributed by atoms with van der Waals surface area (Å²) in [4.78, 5) is 11.2. The van der Waals surface area contributed by atoms with Gasteiger partial charge in [-0.15, -0.1) is 0 Å². The Kier molecular flexibility index (Phi) is 8.64. The topological polar surface area (TPSA) is 52.3 Å². The van der Waals surface area contributed by atoms with Crippen LogP contribution in [0.25, 0.3) is 0 Å². The average molecular weight is 201 g/mol. The minimum absolute atomic E-state index is 0.161. The molecule has 3 nitrogen and oxygen atoms in total. The Morgan fingerprint density at radius 3 is 2.50 bits per heavy atom. The van der Waals surface area contributed by atoms with E-state index in [0.29, 0.717) is 13.2 Å². The normalized spacial score (nSPS) is 12.5. The fourth-order valence-electron chi connectivity index (χ4n) is 1.12. The molecule has 1 atom stereocenters. The maximum Gasteiger partial charge on any atom is 0.309 e. The fraction of sp³-hybridized carbons (Fsp3) is 0.909. The molecule has 0 saturated carbocycles. The number of hydrogen-bond donors (Lipinski definition) is 1. The molecule has 0 aliphatic carbocycles. The highest BCUT2D eigenvalue weighted by atomic mass is 16.5. The molecule has 0 heterocycles. The van der Waals surface area contributed by atoms with Crippen LogP contribution in [0.15, 0.2) is 0 Å². The predicted molar refractivity (Wildman–Crippen MR) is 57.9 cm³/mol. The lowest BCUT2D eigenvalue weighted by Crippen LogP contribution is -2.23. The van der Waals surface area contributed by atoms with E-state index in [9.17, 15) is 4.79 Å². The first-order valence-electron chi connectivity index (χ1n) is 5.59. The molecule has 0 aromatic carbocycles. The van der Waals surface area contributed by atoms with E-state index in [2.05, 4.69) is 6.92 Å². The van der Waals surface area contributed by atoms with Gasteiger partial charge in [0.2, 0.25) is 0 Å². The average Bonchev–Trinajstić information content (AvgIpc) is 2.21. The first-order chi connectivity index (χ1) is 6.72. The van der Waals surface area contributed by atoms with Crippen LogP contribution < -0.4 is 5.73 Å². The Morgan fingerprint density at radius 2 is 1.93 bits per heavy atom. The molecule has 84 valence electrons. The second-order valence-corrected chi connectivity index (χ2v) is 3.72. The minimum atomic E-state index is -0.164. The molecule has 0 aliphatic heterocycles. The van der Waals surface area contributed by atoms with Gasteiger partial charge in [-0.3, -0.25) is 4.79 Å². The summed E-state index contributed by atoms with van der Waals surface area (Å²) in [6.07, 6.45) is 5.87. The summed E-state index contributed by atoms with van der Waals surface area (Å²) in [7, 11) is 0. The monoisotopic (exact) mass is 201 g/mol. The van der Waals surface area contributed by atoms with Crippen LogP contribution in [0.1, 0.15) is 46.0 Å². The summed E-state index contributed by atoms with van der Waals surface area (Å²) in [5, 5.41) is 0. The molecule has 0 unspecified atom stereocenters. The van der Waals surface area contributed by atoms with Crippen molar-refractivity contribution in [2.75, 3.05) is 13.2 Å². The molecule has 3 heteroatoms. The van der Waals surface area contributed by atoms with E-state index in [1.807, 2.05) is 0 Å². The Hall–Kier alpha value is -0.570. The van der Waals surface area contributed by atoms with E-state index in [4.69, 9.17) is 10.5 Å². The maximum atomic E-state index is 11.2. The maximum absolute atomic E-state index is 11.2. The number of nitrogens with two attached hydrogens (primary N) is 1. The molecule has 14 heavy (non-hydrogen) atoms. The van der Waals surface area contributed by atoms with Gasteiger partial charge in [0.25, 0.3) is 0 Å². The lowest BCUT2D eigenvalue weighted by Gasteiger charge is -2.08. The van der Waals surface area contributed by atoms with Gasteiger partial charge in [-0.25, -0.2) is 0 Å². The number of ether oxygens (including phenoxy) is 1. The molecule has 0 fully saturated rings. The SMILES string of the molecule is CCCCCCCOC(=O)[C@@H](C)CN. The fourth-order valence-corrected chi connectivity index (χ4v) is 1.12. The van der Waals surface area contributed by atoms with E-state index in [1.165, 1.54) is 19.3 Å². The smallest absolute Gasteiger partial charge is 0.309 e. The Balaban J connectivity index is 3.23. The van der Waals surface area contributed by atoms with Gasteiger partial charge in [-0.1, -0.05) is 39.5 Å². The first kappa shape index (κ1) is 13.4. The third-order valence-corrected chi connectivity index (χ3v) is 2.25. The summed E-state index contributed by atoms with van der Waals surface area (Å²) in [5.41, 5.74) is 5.34. The van der Waals surface area contributed by atoms with Gasteiger partial charge < -0.3 is 10.5 Å². The highest BCUT2D eigenvalue weighted by Crippen LogP contribution is 2.03. The molecule has 0 amide bonds. The van der Waals surface area contributed by atoms with Crippen LogP contribution in [0, 0.1) is 5.92 Å². The molecule has 0 rings (SSSR count). The van der Waals surface area contributed by atoms with Crippen LogP contribution in [0.3, 0.4) is 0 Å². The van der Waals surface area contributed by atoms with Crippen molar-refractivity contribution in [3.63, 3.8) is 0 Å². The van der Waals surface area contributed by atoms with Crippen molar-refractivity contribution in [1.82, 2.24) is 0 Å². The van der Waals surface area contributed by atoms with Crippen LogP contribution >= 0.6 is 0 Å². The van der Waals surface area contributed by atoms with Crippen molar-refractivity contribution < 1.29 is 9.53 Å². The van der Waals surface area contributed by atoms with E-state index in [-0.39, 0.29) is 11.9 Å². The zero-order chi connectivity index (χ0) is 10.8.